The molecule has 0 saturated carbocycles. The standard InChI is InChI=1S/C12H12Cl2O3/c1-2-17-12(16)8-3-4-10(14)9(7-8)11(15)5-6-13/h3-4,7H,2,5-6H2,1H3. The number of hydrogen-bond donors (Lipinski definition) is 0. The second kappa shape index (κ2) is 6.62. The van der Waals surface area contributed by atoms with E-state index in [1.165, 1.54) is 18.2 Å². The summed E-state index contributed by atoms with van der Waals surface area (Å²) in [6, 6.07) is 4.47. The van der Waals surface area contributed by atoms with Gasteiger partial charge in [0, 0.05) is 17.9 Å². The van der Waals surface area contributed by atoms with Gasteiger partial charge >= 0.3 is 5.97 Å². The normalized spacial score (nSPS) is 10.1. The van der Waals surface area contributed by atoms with Gasteiger partial charge in [-0.2, -0.15) is 0 Å². The summed E-state index contributed by atoms with van der Waals surface area (Å²) < 4.78 is 4.84. The largest absolute Gasteiger partial charge is 0.462 e. The van der Waals surface area contributed by atoms with Gasteiger partial charge in [0.2, 0.25) is 0 Å². The minimum Gasteiger partial charge on any atom is -0.462 e. The molecule has 0 atom stereocenters. The van der Waals surface area contributed by atoms with Crippen LogP contribution in [0.5, 0.6) is 0 Å². The smallest absolute Gasteiger partial charge is 0.338 e. The summed E-state index contributed by atoms with van der Waals surface area (Å²) >= 11 is 11.4. The topological polar surface area (TPSA) is 43.4 Å². The molecule has 0 aromatic heterocycles. The lowest BCUT2D eigenvalue weighted by atomic mass is 10.1. The molecule has 0 aliphatic rings. The molecule has 0 saturated heterocycles. The molecule has 0 fully saturated rings. The first kappa shape index (κ1) is 14.0. The maximum Gasteiger partial charge on any atom is 0.338 e. The third kappa shape index (κ3) is 3.72. The average molecular weight is 275 g/mol. The van der Waals surface area contributed by atoms with Crippen LogP contribution in [0.1, 0.15) is 34.1 Å². The molecular weight excluding hydrogens is 263 g/mol. The first-order valence-electron chi connectivity index (χ1n) is 5.16. The van der Waals surface area contributed by atoms with Crippen LogP contribution in [0.25, 0.3) is 0 Å². The molecule has 0 amide bonds. The summed E-state index contributed by atoms with van der Waals surface area (Å²) in [5.74, 6) is -0.432. The Hall–Kier alpha value is -1.06. The Labute approximate surface area is 110 Å². The van der Waals surface area contributed by atoms with E-state index in [0.717, 1.165) is 0 Å². The second-order valence-electron chi connectivity index (χ2n) is 3.28. The lowest BCUT2D eigenvalue weighted by Gasteiger charge is -2.06. The van der Waals surface area contributed by atoms with Crippen molar-refractivity contribution in [1.82, 2.24) is 0 Å². The second-order valence-corrected chi connectivity index (χ2v) is 4.06. The van der Waals surface area contributed by atoms with Crippen molar-refractivity contribution in [2.75, 3.05) is 12.5 Å². The zero-order valence-electron chi connectivity index (χ0n) is 9.33. The number of carbonyl (C=O) groups excluding carboxylic acids is 2. The van der Waals surface area contributed by atoms with Crippen molar-refractivity contribution in [3.63, 3.8) is 0 Å². The van der Waals surface area contributed by atoms with Gasteiger partial charge in [0.25, 0.3) is 0 Å². The van der Waals surface area contributed by atoms with Gasteiger partial charge in [0.15, 0.2) is 5.78 Å². The van der Waals surface area contributed by atoms with Crippen LogP contribution in [0.2, 0.25) is 5.02 Å². The van der Waals surface area contributed by atoms with E-state index in [9.17, 15) is 9.59 Å². The van der Waals surface area contributed by atoms with Crippen molar-refractivity contribution < 1.29 is 14.3 Å². The molecule has 0 spiro atoms. The van der Waals surface area contributed by atoms with Crippen molar-refractivity contribution >= 4 is 35.0 Å². The van der Waals surface area contributed by atoms with Crippen LogP contribution in [0.4, 0.5) is 0 Å². The van der Waals surface area contributed by atoms with Crippen LogP contribution < -0.4 is 0 Å². The molecule has 0 N–H and O–H groups in total. The quantitative estimate of drug-likeness (QED) is 0.470. The average Bonchev–Trinajstić information content (AvgIpc) is 2.30. The minimum absolute atomic E-state index is 0.184. The number of Topliss-reactive ketones (excluding diaryl/α,β-unsaturated/α-hetero) is 1. The van der Waals surface area contributed by atoms with E-state index in [2.05, 4.69) is 0 Å². The molecule has 1 rings (SSSR count). The molecule has 0 radical (unpaired) electrons. The van der Waals surface area contributed by atoms with E-state index < -0.39 is 5.97 Å². The van der Waals surface area contributed by atoms with E-state index in [-0.39, 0.29) is 24.7 Å². The van der Waals surface area contributed by atoms with Crippen molar-refractivity contribution in [1.29, 1.82) is 0 Å². The first-order valence-corrected chi connectivity index (χ1v) is 6.07. The van der Waals surface area contributed by atoms with Crippen molar-refractivity contribution in [2.45, 2.75) is 13.3 Å². The predicted molar refractivity (Wildman–Crippen MR) is 67.1 cm³/mol. The van der Waals surface area contributed by atoms with Gasteiger partial charge in [-0.15, -0.1) is 11.6 Å². The Morgan fingerprint density at radius 3 is 2.65 bits per heavy atom. The maximum atomic E-state index is 11.7. The molecule has 1 aromatic rings. The van der Waals surface area contributed by atoms with E-state index in [0.29, 0.717) is 16.1 Å². The third-order valence-electron chi connectivity index (χ3n) is 2.10. The van der Waals surface area contributed by atoms with Crippen molar-refractivity contribution in [3.8, 4) is 0 Å². The zero-order valence-corrected chi connectivity index (χ0v) is 10.8. The summed E-state index contributed by atoms with van der Waals surface area (Å²) in [6.45, 7) is 2.00. The van der Waals surface area contributed by atoms with Crippen LogP contribution in [-0.4, -0.2) is 24.2 Å². The number of rotatable bonds is 5. The highest BCUT2D eigenvalue weighted by molar-refractivity contribution is 6.34. The summed E-state index contributed by atoms with van der Waals surface area (Å²) in [5.41, 5.74) is 0.618. The molecule has 5 heteroatoms. The Morgan fingerprint density at radius 1 is 1.35 bits per heavy atom. The number of halogens is 2. The summed E-state index contributed by atoms with van der Waals surface area (Å²) in [7, 11) is 0. The van der Waals surface area contributed by atoms with Gasteiger partial charge in [0.05, 0.1) is 17.2 Å². The number of benzene rings is 1. The zero-order chi connectivity index (χ0) is 12.8. The Morgan fingerprint density at radius 2 is 2.06 bits per heavy atom. The molecule has 0 aliphatic carbocycles. The lowest BCUT2D eigenvalue weighted by molar-refractivity contribution is 0.0526. The number of alkyl halides is 1. The fourth-order valence-corrected chi connectivity index (χ4v) is 1.70. The predicted octanol–water partition coefficient (Wildman–Crippen LogP) is 3.33. The highest BCUT2D eigenvalue weighted by Gasteiger charge is 2.14. The van der Waals surface area contributed by atoms with Crippen LogP contribution >= 0.6 is 23.2 Å². The number of ketones is 1. The van der Waals surface area contributed by atoms with Gasteiger partial charge in [-0.05, 0) is 25.1 Å². The van der Waals surface area contributed by atoms with E-state index in [4.69, 9.17) is 27.9 Å². The number of esters is 1. The Balaban J connectivity index is 3.02. The third-order valence-corrected chi connectivity index (χ3v) is 2.62. The molecule has 0 heterocycles. The van der Waals surface area contributed by atoms with Gasteiger partial charge in [-0.3, -0.25) is 4.79 Å². The molecular formula is C12H12Cl2O3. The molecule has 0 unspecified atom stereocenters. The number of ether oxygens (including phenoxy) is 1. The first-order chi connectivity index (χ1) is 8.10. The number of carbonyl (C=O) groups is 2. The molecule has 17 heavy (non-hydrogen) atoms. The highest BCUT2D eigenvalue weighted by atomic mass is 35.5. The Bertz CT molecular complexity index is 430. The fraction of sp³-hybridized carbons (Fsp3) is 0.333. The fourth-order valence-electron chi connectivity index (χ4n) is 1.30. The van der Waals surface area contributed by atoms with E-state index >= 15 is 0 Å². The van der Waals surface area contributed by atoms with Gasteiger partial charge in [0.1, 0.15) is 0 Å². The minimum atomic E-state index is -0.468. The lowest BCUT2D eigenvalue weighted by Crippen LogP contribution is -2.07. The number of hydrogen-bond acceptors (Lipinski definition) is 3. The molecule has 3 nitrogen and oxygen atoms in total. The molecule has 0 bridgehead atoms. The highest BCUT2D eigenvalue weighted by Crippen LogP contribution is 2.20. The van der Waals surface area contributed by atoms with Crippen LogP contribution in [0.15, 0.2) is 18.2 Å². The van der Waals surface area contributed by atoms with Gasteiger partial charge < -0.3 is 4.74 Å². The van der Waals surface area contributed by atoms with Crippen molar-refractivity contribution in [3.05, 3.63) is 34.3 Å². The maximum absolute atomic E-state index is 11.7. The van der Waals surface area contributed by atoms with E-state index in [1.807, 2.05) is 0 Å². The Kier molecular flexibility index (Phi) is 5.45. The summed E-state index contributed by atoms with van der Waals surface area (Å²) in [4.78, 5) is 23.2. The van der Waals surface area contributed by atoms with Gasteiger partial charge in [-0.25, -0.2) is 4.79 Å². The van der Waals surface area contributed by atoms with Crippen molar-refractivity contribution in [2.24, 2.45) is 0 Å². The van der Waals surface area contributed by atoms with Crippen LogP contribution in [-0.2, 0) is 4.74 Å². The van der Waals surface area contributed by atoms with Crippen LogP contribution in [0, 0.1) is 0 Å². The molecule has 92 valence electrons. The molecule has 1 aromatic carbocycles. The van der Waals surface area contributed by atoms with Gasteiger partial charge in [-0.1, -0.05) is 11.6 Å². The SMILES string of the molecule is CCOC(=O)c1ccc(Cl)c(C(=O)CCCl)c1. The summed E-state index contributed by atoms with van der Waals surface area (Å²) in [6.07, 6.45) is 0.188. The molecule has 0 aliphatic heterocycles. The monoisotopic (exact) mass is 274 g/mol. The summed E-state index contributed by atoms with van der Waals surface area (Å²) in [5, 5.41) is 0.313. The van der Waals surface area contributed by atoms with Crippen LogP contribution in [0.3, 0.4) is 0 Å². The van der Waals surface area contributed by atoms with E-state index in [1.54, 1.807) is 6.92 Å².